The van der Waals surface area contributed by atoms with Crippen LogP contribution in [-0.4, -0.2) is 19.1 Å². The predicted octanol–water partition coefficient (Wildman–Crippen LogP) is 13.9. The number of hydrogen-bond donors (Lipinski definition) is 0. The van der Waals surface area contributed by atoms with E-state index in [9.17, 15) is 0 Å². The van der Waals surface area contributed by atoms with Gasteiger partial charge < -0.3 is 9.13 Å². The zero-order valence-corrected chi connectivity index (χ0v) is 31.3. The molecule has 0 saturated carbocycles. The Morgan fingerprint density at radius 1 is 0.386 bits per heavy atom. The van der Waals surface area contributed by atoms with Crippen LogP contribution in [0.4, 0.5) is 0 Å². The Morgan fingerprint density at radius 3 is 1.96 bits per heavy atom. The van der Waals surface area contributed by atoms with Crippen LogP contribution in [0.5, 0.6) is 0 Å². The summed E-state index contributed by atoms with van der Waals surface area (Å²) in [6.07, 6.45) is 3.71. The van der Waals surface area contributed by atoms with Gasteiger partial charge in [0.15, 0.2) is 0 Å². The predicted molar refractivity (Wildman–Crippen MR) is 238 cm³/mol. The largest absolute Gasteiger partial charge is 0.309 e. The summed E-state index contributed by atoms with van der Waals surface area (Å²) >= 11 is 1.88. The van der Waals surface area contributed by atoms with Crippen LogP contribution in [0.3, 0.4) is 0 Å². The lowest BCUT2D eigenvalue weighted by Crippen LogP contribution is -1.97. The lowest BCUT2D eigenvalue weighted by molar-refractivity contribution is 1.18. The molecule has 8 aromatic carbocycles. The Labute approximate surface area is 331 Å². The van der Waals surface area contributed by atoms with Crippen molar-refractivity contribution in [3.05, 3.63) is 182 Å². The average molecular weight is 743 g/mol. The van der Waals surface area contributed by atoms with Gasteiger partial charge in [-0.25, -0.2) is 0 Å². The molecule has 0 atom stereocenters. The summed E-state index contributed by atoms with van der Waals surface area (Å²) in [4.78, 5) is 12.2. The number of benzene rings is 8. The van der Waals surface area contributed by atoms with Crippen LogP contribution in [0.1, 0.15) is 0 Å². The van der Waals surface area contributed by atoms with Gasteiger partial charge in [-0.2, -0.15) is 0 Å². The van der Waals surface area contributed by atoms with Crippen molar-refractivity contribution in [3.63, 3.8) is 0 Å². The molecular formula is C52H30N4S. The lowest BCUT2D eigenvalue weighted by atomic mass is 9.93. The van der Waals surface area contributed by atoms with E-state index in [0.29, 0.717) is 0 Å². The summed E-state index contributed by atoms with van der Waals surface area (Å²) in [7, 11) is 0. The summed E-state index contributed by atoms with van der Waals surface area (Å²) in [5.41, 5.74) is 13.8. The highest BCUT2D eigenvalue weighted by Crippen LogP contribution is 2.51. The monoisotopic (exact) mass is 742 g/mol. The highest BCUT2D eigenvalue weighted by Gasteiger charge is 2.24. The van der Waals surface area contributed by atoms with Gasteiger partial charge in [-0.05, 0) is 113 Å². The van der Waals surface area contributed by atoms with E-state index in [-0.39, 0.29) is 0 Å². The first-order chi connectivity index (χ1) is 28.3. The Kier molecular flexibility index (Phi) is 6.35. The molecule has 1 aliphatic heterocycles. The van der Waals surface area contributed by atoms with Gasteiger partial charge in [0.1, 0.15) is 0 Å². The summed E-state index contributed by atoms with van der Waals surface area (Å²) in [6, 6.07) is 62.3. The number of para-hydroxylation sites is 2. The van der Waals surface area contributed by atoms with Gasteiger partial charge in [0.05, 0.1) is 38.8 Å². The lowest BCUT2D eigenvalue weighted by Gasteiger charge is -2.21. The summed E-state index contributed by atoms with van der Waals surface area (Å²) in [6.45, 7) is 0. The highest BCUT2D eigenvalue weighted by molar-refractivity contribution is 7.99. The first kappa shape index (κ1) is 31.0. The SMILES string of the molecule is c1ccc(-n2c3ccc(-c4ccc5c(c4)c4ccccc4n5-c4cc5cccnc5c5ncccc45)cc3c3c4cccc5c4c(cc32)-c2ccccc2S5)cc1. The van der Waals surface area contributed by atoms with Crippen molar-refractivity contribution >= 4 is 88.0 Å². The van der Waals surface area contributed by atoms with E-state index in [1.54, 1.807) is 0 Å². The van der Waals surface area contributed by atoms with Crippen LogP contribution < -0.4 is 0 Å². The van der Waals surface area contributed by atoms with Crippen molar-refractivity contribution in [1.29, 1.82) is 0 Å². The summed E-state index contributed by atoms with van der Waals surface area (Å²) in [5, 5.41) is 9.77. The Hall–Kier alpha value is -7.21. The molecule has 12 aromatic rings. The van der Waals surface area contributed by atoms with Crippen LogP contribution in [0.25, 0.3) is 110 Å². The van der Waals surface area contributed by atoms with Gasteiger partial charge in [-0.15, -0.1) is 0 Å². The van der Waals surface area contributed by atoms with E-state index < -0.39 is 0 Å². The third-order valence-corrected chi connectivity index (χ3v) is 13.1. The fraction of sp³-hybridized carbons (Fsp3) is 0. The molecule has 0 bridgehead atoms. The van der Waals surface area contributed by atoms with Gasteiger partial charge >= 0.3 is 0 Å². The smallest absolute Gasteiger partial charge is 0.0985 e. The quantitative estimate of drug-likeness (QED) is 0.169. The van der Waals surface area contributed by atoms with Gasteiger partial charge in [0, 0.05) is 65.6 Å². The number of nitrogens with zero attached hydrogens (tertiary/aromatic N) is 4. The molecule has 5 heterocycles. The zero-order valence-electron chi connectivity index (χ0n) is 30.5. The third-order valence-electron chi connectivity index (χ3n) is 11.9. The number of aromatic nitrogens is 4. The maximum absolute atomic E-state index is 4.83. The van der Waals surface area contributed by atoms with Crippen molar-refractivity contribution in [2.45, 2.75) is 9.79 Å². The molecule has 4 aromatic heterocycles. The number of hydrogen-bond acceptors (Lipinski definition) is 3. The molecule has 4 nitrogen and oxygen atoms in total. The van der Waals surface area contributed by atoms with Crippen molar-refractivity contribution in [3.8, 4) is 33.6 Å². The topological polar surface area (TPSA) is 35.6 Å². The van der Waals surface area contributed by atoms with Crippen LogP contribution in [0.15, 0.2) is 192 Å². The molecule has 1 aliphatic rings. The maximum atomic E-state index is 4.83. The standard InChI is InChI=1S/C52H30N4S/c1-2-12-34(13-3-1)55-44-24-22-32(28-41(44)49-38-16-8-20-48-50(38)40(30-46(49)55)36-15-5-7-19-47(36)57-48)31-21-23-43-39(27-31)35-14-4-6-18-42(35)56(43)45-29-33-11-9-25-53-51(33)52-37(45)17-10-26-54-52/h1-30H. The molecule has 0 N–H and O–H groups in total. The van der Waals surface area contributed by atoms with Gasteiger partial charge in [-0.1, -0.05) is 96.7 Å². The fourth-order valence-electron chi connectivity index (χ4n) is 9.54. The Morgan fingerprint density at radius 2 is 1.07 bits per heavy atom. The van der Waals surface area contributed by atoms with Gasteiger partial charge in [-0.3, -0.25) is 9.97 Å². The number of fused-ring (bicyclic) bond motifs is 12. The summed E-state index contributed by atoms with van der Waals surface area (Å²) < 4.78 is 4.86. The normalized spacial score (nSPS) is 12.5. The number of rotatable bonds is 3. The van der Waals surface area contributed by atoms with Crippen LogP contribution in [0.2, 0.25) is 0 Å². The first-order valence-electron chi connectivity index (χ1n) is 19.3. The minimum atomic E-state index is 0.914. The molecule has 0 radical (unpaired) electrons. The van der Waals surface area contributed by atoms with Crippen molar-refractivity contribution in [2.24, 2.45) is 0 Å². The van der Waals surface area contributed by atoms with Crippen LogP contribution in [0, 0.1) is 0 Å². The molecule has 0 spiro atoms. The second kappa shape index (κ2) is 11.7. The van der Waals surface area contributed by atoms with Crippen molar-refractivity contribution in [2.75, 3.05) is 0 Å². The molecule has 0 unspecified atom stereocenters. The Bertz CT molecular complexity index is 3670. The minimum absolute atomic E-state index is 0.914. The number of pyridine rings is 2. The van der Waals surface area contributed by atoms with E-state index in [4.69, 9.17) is 9.97 Å². The minimum Gasteiger partial charge on any atom is -0.309 e. The van der Waals surface area contributed by atoms with E-state index >= 15 is 0 Å². The molecule has 264 valence electrons. The average Bonchev–Trinajstić information content (AvgIpc) is 3.78. The molecule has 0 saturated heterocycles. The van der Waals surface area contributed by atoms with E-state index in [1.165, 1.54) is 80.9 Å². The fourth-order valence-corrected chi connectivity index (χ4v) is 10.7. The first-order valence-corrected chi connectivity index (χ1v) is 20.1. The molecule has 0 fully saturated rings. The van der Waals surface area contributed by atoms with E-state index in [0.717, 1.165) is 38.7 Å². The molecule has 5 heteroatoms. The van der Waals surface area contributed by atoms with Gasteiger partial charge in [0.25, 0.3) is 0 Å². The van der Waals surface area contributed by atoms with Crippen molar-refractivity contribution < 1.29 is 0 Å². The van der Waals surface area contributed by atoms with Crippen LogP contribution >= 0.6 is 11.8 Å². The second-order valence-corrected chi connectivity index (χ2v) is 16.0. The van der Waals surface area contributed by atoms with E-state index in [1.807, 2.05) is 36.3 Å². The molecule has 13 rings (SSSR count). The summed E-state index contributed by atoms with van der Waals surface area (Å²) in [5.74, 6) is 0. The zero-order chi connectivity index (χ0) is 37.2. The van der Waals surface area contributed by atoms with Crippen molar-refractivity contribution in [1.82, 2.24) is 19.1 Å². The molecule has 0 aliphatic carbocycles. The molecular weight excluding hydrogens is 713 g/mol. The third kappa shape index (κ3) is 4.35. The Balaban J connectivity index is 1.07. The maximum Gasteiger partial charge on any atom is 0.0985 e. The molecule has 0 amide bonds. The second-order valence-electron chi connectivity index (χ2n) is 15.0. The van der Waals surface area contributed by atoms with Crippen LogP contribution in [-0.2, 0) is 0 Å². The molecule has 57 heavy (non-hydrogen) atoms. The highest BCUT2D eigenvalue weighted by atomic mass is 32.2. The van der Waals surface area contributed by atoms with E-state index in [2.05, 4.69) is 167 Å². The van der Waals surface area contributed by atoms with Gasteiger partial charge in [0.2, 0.25) is 0 Å².